The summed E-state index contributed by atoms with van der Waals surface area (Å²) >= 11 is 5.74. The van der Waals surface area contributed by atoms with Crippen LogP contribution in [-0.2, 0) is 0 Å². The molecule has 0 saturated heterocycles. The van der Waals surface area contributed by atoms with Gasteiger partial charge in [-0.2, -0.15) is 0 Å². The Labute approximate surface area is 110 Å². The third kappa shape index (κ3) is 3.15. The van der Waals surface area contributed by atoms with Crippen LogP contribution in [0.2, 0.25) is 5.02 Å². The Balaban J connectivity index is 1.96. The van der Waals surface area contributed by atoms with Crippen molar-refractivity contribution in [3.05, 3.63) is 59.1 Å². The average molecular weight is 262 g/mol. The molecule has 0 aliphatic rings. The highest BCUT2D eigenvalue weighted by molar-refractivity contribution is 6.30. The number of nitrogens with one attached hydrogen (secondary N) is 2. The summed E-state index contributed by atoms with van der Waals surface area (Å²) in [6, 6.07) is 13.7. The van der Waals surface area contributed by atoms with E-state index in [0.29, 0.717) is 16.3 Å². The van der Waals surface area contributed by atoms with Crippen LogP contribution in [0, 0.1) is 0 Å². The first-order valence-corrected chi connectivity index (χ1v) is 5.70. The second-order valence-electron chi connectivity index (χ2n) is 3.71. The van der Waals surface area contributed by atoms with Crippen molar-refractivity contribution in [2.24, 2.45) is 0 Å². The monoisotopic (exact) mass is 261 g/mol. The number of benzene rings is 2. The zero-order chi connectivity index (χ0) is 13.0. The minimum absolute atomic E-state index is 0.233. The van der Waals surface area contributed by atoms with Crippen molar-refractivity contribution in [1.82, 2.24) is 5.43 Å². The molecular weight excluding hydrogens is 250 g/mol. The van der Waals surface area contributed by atoms with E-state index in [4.69, 9.17) is 17.3 Å². The van der Waals surface area contributed by atoms with Gasteiger partial charge in [-0.15, -0.1) is 0 Å². The predicted molar refractivity (Wildman–Crippen MR) is 73.4 cm³/mol. The molecular formula is C13H12ClN3O. The van der Waals surface area contributed by atoms with E-state index < -0.39 is 0 Å². The van der Waals surface area contributed by atoms with Crippen molar-refractivity contribution in [3.63, 3.8) is 0 Å². The molecule has 4 nitrogen and oxygen atoms in total. The Morgan fingerprint density at radius 2 is 1.61 bits per heavy atom. The molecule has 0 bridgehead atoms. The second kappa shape index (κ2) is 5.42. The van der Waals surface area contributed by atoms with Crippen molar-refractivity contribution in [2.75, 3.05) is 11.2 Å². The van der Waals surface area contributed by atoms with Crippen LogP contribution in [0.1, 0.15) is 10.4 Å². The predicted octanol–water partition coefficient (Wildman–Crippen LogP) is 2.68. The minimum atomic E-state index is -0.233. The number of hydrogen-bond donors (Lipinski definition) is 3. The summed E-state index contributed by atoms with van der Waals surface area (Å²) in [6.45, 7) is 0. The summed E-state index contributed by atoms with van der Waals surface area (Å²) < 4.78 is 0. The van der Waals surface area contributed by atoms with E-state index >= 15 is 0 Å². The molecule has 2 aromatic rings. The number of rotatable bonds is 3. The molecule has 0 fully saturated rings. The van der Waals surface area contributed by atoms with Crippen molar-refractivity contribution < 1.29 is 4.79 Å². The lowest BCUT2D eigenvalue weighted by atomic mass is 10.2. The molecule has 0 saturated carbocycles. The molecule has 1 amide bonds. The van der Waals surface area contributed by atoms with Gasteiger partial charge in [-0.1, -0.05) is 11.6 Å². The number of carbonyl (C=O) groups excluding carboxylic acids is 1. The number of hydrogen-bond acceptors (Lipinski definition) is 3. The molecule has 92 valence electrons. The number of halogens is 1. The fraction of sp³-hybridized carbons (Fsp3) is 0. The normalized spacial score (nSPS) is 9.83. The SMILES string of the molecule is Nc1ccc(NNC(=O)c2ccc(Cl)cc2)cc1. The Hall–Kier alpha value is -2.20. The summed E-state index contributed by atoms with van der Waals surface area (Å²) in [7, 11) is 0. The highest BCUT2D eigenvalue weighted by Gasteiger charge is 2.04. The van der Waals surface area contributed by atoms with E-state index in [9.17, 15) is 4.79 Å². The first-order chi connectivity index (χ1) is 8.65. The van der Waals surface area contributed by atoms with Crippen LogP contribution < -0.4 is 16.6 Å². The van der Waals surface area contributed by atoms with Crippen LogP contribution in [0.3, 0.4) is 0 Å². The van der Waals surface area contributed by atoms with Crippen LogP contribution in [-0.4, -0.2) is 5.91 Å². The maximum absolute atomic E-state index is 11.8. The van der Waals surface area contributed by atoms with Gasteiger partial charge in [-0.25, -0.2) is 0 Å². The molecule has 0 spiro atoms. The third-order valence-electron chi connectivity index (χ3n) is 2.34. The first kappa shape index (κ1) is 12.3. The first-order valence-electron chi connectivity index (χ1n) is 5.32. The Bertz CT molecular complexity index is 537. The van der Waals surface area contributed by atoms with Crippen molar-refractivity contribution in [3.8, 4) is 0 Å². The lowest BCUT2D eigenvalue weighted by molar-refractivity contribution is 0.0962. The van der Waals surface area contributed by atoms with Gasteiger partial charge in [-0.05, 0) is 48.5 Å². The topological polar surface area (TPSA) is 67.2 Å². The van der Waals surface area contributed by atoms with E-state index in [1.165, 1.54) is 0 Å². The Morgan fingerprint density at radius 3 is 2.22 bits per heavy atom. The third-order valence-corrected chi connectivity index (χ3v) is 2.59. The number of carbonyl (C=O) groups is 1. The van der Waals surface area contributed by atoms with Gasteiger partial charge in [-0.3, -0.25) is 15.6 Å². The molecule has 2 rings (SSSR count). The fourth-order valence-electron chi connectivity index (χ4n) is 1.37. The second-order valence-corrected chi connectivity index (χ2v) is 4.14. The zero-order valence-corrected chi connectivity index (χ0v) is 10.2. The van der Waals surface area contributed by atoms with E-state index in [-0.39, 0.29) is 5.91 Å². The molecule has 0 atom stereocenters. The highest BCUT2D eigenvalue weighted by Crippen LogP contribution is 2.11. The zero-order valence-electron chi connectivity index (χ0n) is 9.48. The lowest BCUT2D eigenvalue weighted by Gasteiger charge is -2.08. The molecule has 2 aromatic carbocycles. The van der Waals surface area contributed by atoms with Crippen molar-refractivity contribution in [2.45, 2.75) is 0 Å². The molecule has 0 aromatic heterocycles. The number of amides is 1. The highest BCUT2D eigenvalue weighted by atomic mass is 35.5. The fourth-order valence-corrected chi connectivity index (χ4v) is 1.49. The molecule has 0 radical (unpaired) electrons. The van der Waals surface area contributed by atoms with Gasteiger partial charge in [0.1, 0.15) is 0 Å². The van der Waals surface area contributed by atoms with Gasteiger partial charge in [0, 0.05) is 16.3 Å². The van der Waals surface area contributed by atoms with Crippen LogP contribution in [0.4, 0.5) is 11.4 Å². The number of nitrogen functional groups attached to an aromatic ring is 1. The number of hydrazine groups is 1. The summed E-state index contributed by atoms with van der Waals surface area (Å²) in [6.07, 6.45) is 0. The van der Waals surface area contributed by atoms with E-state index in [0.717, 1.165) is 5.69 Å². The maximum atomic E-state index is 11.8. The minimum Gasteiger partial charge on any atom is -0.399 e. The maximum Gasteiger partial charge on any atom is 0.269 e. The number of nitrogens with two attached hydrogens (primary N) is 1. The van der Waals surface area contributed by atoms with Gasteiger partial charge < -0.3 is 5.73 Å². The summed E-state index contributed by atoms with van der Waals surface area (Å²) in [4.78, 5) is 11.8. The summed E-state index contributed by atoms with van der Waals surface area (Å²) in [5.74, 6) is -0.233. The van der Waals surface area contributed by atoms with Gasteiger partial charge in [0.05, 0.1) is 5.69 Å². The molecule has 0 heterocycles. The molecule has 0 unspecified atom stereocenters. The smallest absolute Gasteiger partial charge is 0.269 e. The number of anilines is 2. The Morgan fingerprint density at radius 1 is 1.00 bits per heavy atom. The molecule has 0 aliphatic heterocycles. The standard InChI is InChI=1S/C13H12ClN3O/c14-10-3-1-9(2-4-10)13(18)17-16-12-7-5-11(15)6-8-12/h1-8,16H,15H2,(H,17,18). The summed E-state index contributed by atoms with van der Waals surface area (Å²) in [5.41, 5.74) is 12.9. The quantitative estimate of drug-likeness (QED) is 0.588. The van der Waals surface area contributed by atoms with Gasteiger partial charge in [0.2, 0.25) is 0 Å². The van der Waals surface area contributed by atoms with E-state index in [1.807, 2.05) is 0 Å². The van der Waals surface area contributed by atoms with Gasteiger partial charge in [0.15, 0.2) is 0 Å². The lowest BCUT2D eigenvalue weighted by Crippen LogP contribution is -2.29. The van der Waals surface area contributed by atoms with E-state index in [1.54, 1.807) is 48.5 Å². The van der Waals surface area contributed by atoms with Crippen LogP contribution in [0.5, 0.6) is 0 Å². The van der Waals surface area contributed by atoms with Gasteiger partial charge >= 0.3 is 0 Å². The average Bonchev–Trinajstić information content (AvgIpc) is 2.38. The van der Waals surface area contributed by atoms with Gasteiger partial charge in [0.25, 0.3) is 5.91 Å². The largest absolute Gasteiger partial charge is 0.399 e. The Kier molecular flexibility index (Phi) is 3.69. The molecule has 0 aliphatic carbocycles. The van der Waals surface area contributed by atoms with Crippen LogP contribution in [0.15, 0.2) is 48.5 Å². The van der Waals surface area contributed by atoms with Crippen LogP contribution >= 0.6 is 11.6 Å². The van der Waals surface area contributed by atoms with Crippen LogP contribution in [0.25, 0.3) is 0 Å². The van der Waals surface area contributed by atoms with E-state index in [2.05, 4.69) is 10.9 Å². The van der Waals surface area contributed by atoms with Crippen molar-refractivity contribution in [1.29, 1.82) is 0 Å². The molecule has 4 N–H and O–H groups in total. The van der Waals surface area contributed by atoms with Crippen molar-refractivity contribution >= 4 is 28.9 Å². The molecule has 5 heteroatoms. The summed E-state index contributed by atoms with van der Waals surface area (Å²) in [5, 5.41) is 0.595. The molecule has 18 heavy (non-hydrogen) atoms.